The first-order chi connectivity index (χ1) is 7.66. The molecule has 0 radical (unpaired) electrons. The van der Waals surface area contributed by atoms with Crippen LogP contribution in [0.15, 0.2) is 12.4 Å². The largest absolute Gasteiger partial charge is 0.337 e. The molecular weight excluding hydrogens is 202 g/mol. The molecule has 0 atom stereocenters. The van der Waals surface area contributed by atoms with Gasteiger partial charge in [-0.15, -0.1) is 0 Å². The Morgan fingerprint density at radius 2 is 2.00 bits per heavy atom. The van der Waals surface area contributed by atoms with Gasteiger partial charge in [-0.1, -0.05) is 6.92 Å². The third-order valence-electron chi connectivity index (χ3n) is 3.07. The van der Waals surface area contributed by atoms with Gasteiger partial charge in [0.25, 0.3) is 5.91 Å². The highest BCUT2D eigenvalue weighted by Crippen LogP contribution is 2.17. The first-order valence-electron chi connectivity index (χ1n) is 5.74. The fourth-order valence-electron chi connectivity index (χ4n) is 1.88. The molecule has 16 heavy (non-hydrogen) atoms. The van der Waals surface area contributed by atoms with Crippen molar-refractivity contribution in [3.63, 3.8) is 0 Å². The summed E-state index contributed by atoms with van der Waals surface area (Å²) in [4.78, 5) is 22.1. The van der Waals surface area contributed by atoms with Gasteiger partial charge in [-0.3, -0.25) is 9.78 Å². The van der Waals surface area contributed by atoms with Crippen molar-refractivity contribution in [1.82, 2.24) is 14.9 Å². The van der Waals surface area contributed by atoms with E-state index in [0.717, 1.165) is 37.5 Å². The molecule has 1 amide bonds. The Kier molecular flexibility index (Phi) is 3.17. The number of likely N-dealkylation sites (tertiary alicyclic amines) is 1. The Bertz CT molecular complexity index is 366. The SMILES string of the molecule is Cc1cnc(C(=O)N2CCC(C)CC2)cn1. The molecule has 4 nitrogen and oxygen atoms in total. The molecule has 0 bridgehead atoms. The predicted octanol–water partition coefficient (Wildman–Crippen LogP) is 1.66. The predicted molar refractivity (Wildman–Crippen MR) is 61.1 cm³/mol. The van der Waals surface area contributed by atoms with Gasteiger partial charge in [-0.2, -0.15) is 0 Å². The van der Waals surface area contributed by atoms with Crippen LogP contribution in [0.25, 0.3) is 0 Å². The molecule has 0 spiro atoms. The van der Waals surface area contributed by atoms with Crippen molar-refractivity contribution >= 4 is 5.91 Å². The zero-order valence-electron chi connectivity index (χ0n) is 9.81. The number of piperidine rings is 1. The van der Waals surface area contributed by atoms with Crippen LogP contribution in [0.4, 0.5) is 0 Å². The Labute approximate surface area is 95.7 Å². The van der Waals surface area contributed by atoms with E-state index in [0.29, 0.717) is 5.69 Å². The van der Waals surface area contributed by atoms with Crippen molar-refractivity contribution in [2.45, 2.75) is 26.7 Å². The topological polar surface area (TPSA) is 46.1 Å². The zero-order chi connectivity index (χ0) is 11.5. The van der Waals surface area contributed by atoms with Gasteiger partial charge in [-0.05, 0) is 25.7 Å². The fraction of sp³-hybridized carbons (Fsp3) is 0.583. The Hall–Kier alpha value is -1.45. The highest BCUT2D eigenvalue weighted by Gasteiger charge is 2.22. The van der Waals surface area contributed by atoms with Crippen LogP contribution in [-0.4, -0.2) is 33.9 Å². The van der Waals surface area contributed by atoms with E-state index in [2.05, 4.69) is 16.9 Å². The Morgan fingerprint density at radius 3 is 2.56 bits per heavy atom. The highest BCUT2D eigenvalue weighted by atomic mass is 16.2. The molecule has 0 aromatic carbocycles. The summed E-state index contributed by atoms with van der Waals surface area (Å²) in [6.45, 7) is 5.78. The lowest BCUT2D eigenvalue weighted by Gasteiger charge is -2.29. The van der Waals surface area contributed by atoms with E-state index in [1.807, 2.05) is 11.8 Å². The molecule has 0 N–H and O–H groups in total. The fourth-order valence-corrected chi connectivity index (χ4v) is 1.88. The average Bonchev–Trinajstić information content (AvgIpc) is 2.30. The monoisotopic (exact) mass is 219 g/mol. The minimum Gasteiger partial charge on any atom is -0.337 e. The smallest absolute Gasteiger partial charge is 0.274 e. The van der Waals surface area contributed by atoms with Gasteiger partial charge < -0.3 is 4.90 Å². The van der Waals surface area contributed by atoms with Crippen molar-refractivity contribution in [2.75, 3.05) is 13.1 Å². The molecule has 1 aliphatic rings. The molecule has 4 heteroatoms. The number of aromatic nitrogens is 2. The van der Waals surface area contributed by atoms with Crippen LogP contribution in [0.5, 0.6) is 0 Å². The van der Waals surface area contributed by atoms with E-state index in [1.165, 1.54) is 0 Å². The summed E-state index contributed by atoms with van der Waals surface area (Å²) in [6, 6.07) is 0. The summed E-state index contributed by atoms with van der Waals surface area (Å²) in [6.07, 6.45) is 5.38. The summed E-state index contributed by atoms with van der Waals surface area (Å²) >= 11 is 0. The molecule has 1 fully saturated rings. The minimum absolute atomic E-state index is 0.0133. The number of rotatable bonds is 1. The molecule has 2 heterocycles. The standard InChI is InChI=1S/C12H17N3O/c1-9-3-5-15(6-4-9)12(16)11-8-13-10(2)7-14-11/h7-9H,3-6H2,1-2H3. The van der Waals surface area contributed by atoms with Crippen molar-refractivity contribution < 1.29 is 4.79 Å². The molecule has 0 saturated carbocycles. The number of hydrogen-bond acceptors (Lipinski definition) is 3. The van der Waals surface area contributed by atoms with Gasteiger partial charge in [0, 0.05) is 19.3 Å². The quantitative estimate of drug-likeness (QED) is 0.721. The summed E-state index contributed by atoms with van der Waals surface area (Å²) in [5.41, 5.74) is 1.30. The van der Waals surface area contributed by atoms with Gasteiger partial charge in [0.15, 0.2) is 0 Å². The van der Waals surface area contributed by atoms with Crippen LogP contribution in [0.2, 0.25) is 0 Å². The third kappa shape index (κ3) is 2.38. The second-order valence-corrected chi connectivity index (χ2v) is 4.52. The summed E-state index contributed by atoms with van der Waals surface area (Å²) in [5.74, 6) is 0.743. The molecule has 86 valence electrons. The number of carbonyl (C=O) groups is 1. The normalized spacial score (nSPS) is 17.5. The Morgan fingerprint density at radius 1 is 1.31 bits per heavy atom. The average molecular weight is 219 g/mol. The highest BCUT2D eigenvalue weighted by molar-refractivity contribution is 5.92. The second kappa shape index (κ2) is 4.60. The number of carbonyl (C=O) groups excluding carboxylic acids is 1. The summed E-state index contributed by atoms with van der Waals surface area (Å²) in [7, 11) is 0. The Balaban J connectivity index is 2.05. The number of nitrogens with zero attached hydrogens (tertiary/aromatic N) is 3. The lowest BCUT2D eigenvalue weighted by atomic mass is 9.99. The first-order valence-corrected chi connectivity index (χ1v) is 5.74. The molecule has 1 aliphatic heterocycles. The van der Waals surface area contributed by atoms with Crippen LogP contribution in [-0.2, 0) is 0 Å². The van der Waals surface area contributed by atoms with E-state index in [1.54, 1.807) is 12.4 Å². The van der Waals surface area contributed by atoms with Crippen LogP contribution < -0.4 is 0 Å². The van der Waals surface area contributed by atoms with Crippen LogP contribution in [0, 0.1) is 12.8 Å². The number of amides is 1. The van der Waals surface area contributed by atoms with E-state index < -0.39 is 0 Å². The maximum Gasteiger partial charge on any atom is 0.274 e. The van der Waals surface area contributed by atoms with Gasteiger partial charge >= 0.3 is 0 Å². The van der Waals surface area contributed by atoms with E-state index in [9.17, 15) is 4.79 Å². The second-order valence-electron chi connectivity index (χ2n) is 4.52. The van der Waals surface area contributed by atoms with Crippen molar-refractivity contribution in [1.29, 1.82) is 0 Å². The lowest BCUT2D eigenvalue weighted by Crippen LogP contribution is -2.38. The molecule has 2 rings (SSSR count). The van der Waals surface area contributed by atoms with Gasteiger partial charge in [0.2, 0.25) is 0 Å². The van der Waals surface area contributed by atoms with Crippen LogP contribution in [0.1, 0.15) is 35.9 Å². The van der Waals surface area contributed by atoms with Crippen molar-refractivity contribution in [3.05, 3.63) is 23.8 Å². The zero-order valence-corrected chi connectivity index (χ0v) is 9.81. The molecule has 0 aliphatic carbocycles. The first kappa shape index (κ1) is 11.0. The number of hydrogen-bond donors (Lipinski definition) is 0. The molecule has 1 saturated heterocycles. The third-order valence-corrected chi connectivity index (χ3v) is 3.07. The van der Waals surface area contributed by atoms with Gasteiger partial charge in [0.05, 0.1) is 11.9 Å². The van der Waals surface area contributed by atoms with Gasteiger partial charge in [0.1, 0.15) is 5.69 Å². The summed E-state index contributed by atoms with van der Waals surface area (Å²) in [5, 5.41) is 0. The molecule has 1 aromatic rings. The number of aryl methyl sites for hydroxylation is 1. The molecular formula is C12H17N3O. The van der Waals surface area contributed by atoms with Crippen molar-refractivity contribution in [3.8, 4) is 0 Å². The van der Waals surface area contributed by atoms with Crippen LogP contribution >= 0.6 is 0 Å². The lowest BCUT2D eigenvalue weighted by molar-refractivity contribution is 0.0690. The van der Waals surface area contributed by atoms with Gasteiger partial charge in [-0.25, -0.2) is 4.98 Å². The van der Waals surface area contributed by atoms with E-state index in [4.69, 9.17) is 0 Å². The summed E-state index contributed by atoms with van der Waals surface area (Å²) < 4.78 is 0. The van der Waals surface area contributed by atoms with E-state index >= 15 is 0 Å². The maximum absolute atomic E-state index is 12.0. The molecule has 1 aromatic heterocycles. The minimum atomic E-state index is 0.0133. The molecule has 0 unspecified atom stereocenters. The van der Waals surface area contributed by atoms with Crippen molar-refractivity contribution in [2.24, 2.45) is 5.92 Å². The van der Waals surface area contributed by atoms with E-state index in [-0.39, 0.29) is 5.91 Å². The maximum atomic E-state index is 12.0. The van der Waals surface area contributed by atoms with Crippen LogP contribution in [0.3, 0.4) is 0 Å².